The summed E-state index contributed by atoms with van der Waals surface area (Å²) in [5.74, 6) is -0.956. The Balaban J connectivity index is 2.11. The molecule has 0 aromatic rings. The van der Waals surface area contributed by atoms with Gasteiger partial charge in [0.25, 0.3) is 0 Å². The minimum atomic E-state index is -0.803. The fourth-order valence-electron chi connectivity index (χ4n) is 2.14. The summed E-state index contributed by atoms with van der Waals surface area (Å²) in [5.41, 5.74) is 5.88. The third kappa shape index (κ3) is 6.83. The maximum atomic E-state index is 11.8. The highest BCUT2D eigenvalue weighted by Gasteiger charge is 2.20. The van der Waals surface area contributed by atoms with Gasteiger partial charge in [0.05, 0.1) is 6.04 Å². The Bertz CT molecular complexity index is 317. The quantitative estimate of drug-likeness (QED) is 0.492. The highest BCUT2D eigenvalue weighted by atomic mass is 16.4. The van der Waals surface area contributed by atoms with E-state index in [2.05, 4.69) is 22.2 Å². The number of carboxylic acids is 1. The van der Waals surface area contributed by atoms with E-state index in [4.69, 9.17) is 10.8 Å². The second-order valence-electron chi connectivity index (χ2n) is 5.35. The normalized spacial score (nSPS) is 18.7. The number of likely N-dealkylation sites (N-methyl/N-ethyl adjacent to an activating group) is 1. The lowest BCUT2D eigenvalue weighted by Crippen LogP contribution is -2.52. The standard InChI is InChI=1S/C13H26N4O3/c1-16-6-8-17(9-7-16)10-11(14)13(20)15-5-3-2-4-12(18)19/h11H,2-10,14H2,1H3,(H,15,20)(H,18,19). The molecule has 7 nitrogen and oxygen atoms in total. The first-order valence-electron chi connectivity index (χ1n) is 7.15. The van der Waals surface area contributed by atoms with Crippen LogP contribution in [0.1, 0.15) is 19.3 Å². The first kappa shape index (κ1) is 16.9. The SMILES string of the molecule is CN1CCN(CC(N)C(=O)NCCCCC(=O)O)CC1. The Labute approximate surface area is 120 Å². The van der Waals surface area contributed by atoms with E-state index in [1.54, 1.807) is 0 Å². The molecule has 1 fully saturated rings. The molecular formula is C13H26N4O3. The predicted molar refractivity (Wildman–Crippen MR) is 76.4 cm³/mol. The lowest BCUT2D eigenvalue weighted by molar-refractivity contribution is -0.137. The molecule has 116 valence electrons. The topological polar surface area (TPSA) is 98.9 Å². The Hall–Kier alpha value is -1.18. The van der Waals surface area contributed by atoms with E-state index < -0.39 is 12.0 Å². The molecule has 1 saturated heterocycles. The van der Waals surface area contributed by atoms with E-state index >= 15 is 0 Å². The van der Waals surface area contributed by atoms with Gasteiger partial charge in [-0.05, 0) is 19.9 Å². The monoisotopic (exact) mass is 286 g/mol. The molecule has 0 aliphatic carbocycles. The van der Waals surface area contributed by atoms with Crippen LogP contribution < -0.4 is 11.1 Å². The number of nitrogens with one attached hydrogen (secondary N) is 1. The van der Waals surface area contributed by atoms with E-state index in [-0.39, 0.29) is 12.3 Å². The third-order valence-electron chi connectivity index (χ3n) is 3.50. The van der Waals surface area contributed by atoms with Crippen molar-refractivity contribution in [1.29, 1.82) is 0 Å². The summed E-state index contributed by atoms with van der Waals surface area (Å²) in [5, 5.41) is 11.3. The number of amides is 1. The smallest absolute Gasteiger partial charge is 0.303 e. The first-order valence-corrected chi connectivity index (χ1v) is 7.15. The third-order valence-corrected chi connectivity index (χ3v) is 3.50. The van der Waals surface area contributed by atoms with E-state index in [1.807, 2.05) is 0 Å². The average molecular weight is 286 g/mol. The fraction of sp³-hybridized carbons (Fsp3) is 0.846. The van der Waals surface area contributed by atoms with E-state index in [0.717, 1.165) is 26.2 Å². The van der Waals surface area contributed by atoms with E-state index in [0.29, 0.717) is 25.9 Å². The van der Waals surface area contributed by atoms with Gasteiger partial charge in [0.1, 0.15) is 0 Å². The molecule has 1 heterocycles. The Morgan fingerprint density at radius 3 is 2.50 bits per heavy atom. The summed E-state index contributed by atoms with van der Waals surface area (Å²) in [4.78, 5) is 26.6. The van der Waals surface area contributed by atoms with Gasteiger partial charge in [-0.15, -0.1) is 0 Å². The number of rotatable bonds is 8. The largest absolute Gasteiger partial charge is 0.481 e. The molecule has 1 aliphatic heterocycles. The molecule has 0 radical (unpaired) electrons. The molecule has 0 aromatic carbocycles. The molecule has 0 aromatic heterocycles. The molecule has 0 bridgehead atoms. The summed E-state index contributed by atoms with van der Waals surface area (Å²) in [7, 11) is 2.08. The summed E-state index contributed by atoms with van der Waals surface area (Å²) in [6, 6.07) is -0.516. The van der Waals surface area contributed by atoms with E-state index in [9.17, 15) is 9.59 Å². The average Bonchev–Trinajstić information content (AvgIpc) is 2.40. The fourth-order valence-corrected chi connectivity index (χ4v) is 2.14. The van der Waals surface area contributed by atoms with Gasteiger partial charge in [-0.25, -0.2) is 0 Å². The highest BCUT2D eigenvalue weighted by molar-refractivity contribution is 5.81. The van der Waals surface area contributed by atoms with Crippen molar-refractivity contribution in [3.8, 4) is 0 Å². The zero-order valence-electron chi connectivity index (χ0n) is 12.2. The number of carbonyl (C=O) groups is 2. The summed E-state index contributed by atoms with van der Waals surface area (Å²) >= 11 is 0. The molecule has 0 spiro atoms. The molecule has 1 aliphatic rings. The van der Waals surface area contributed by atoms with Crippen molar-refractivity contribution in [2.24, 2.45) is 5.73 Å². The first-order chi connectivity index (χ1) is 9.49. The summed E-state index contributed by atoms with van der Waals surface area (Å²) in [6.07, 6.45) is 1.38. The van der Waals surface area contributed by atoms with Gasteiger partial charge >= 0.3 is 5.97 Å². The van der Waals surface area contributed by atoms with Gasteiger partial charge in [0.2, 0.25) is 5.91 Å². The Morgan fingerprint density at radius 1 is 1.25 bits per heavy atom. The van der Waals surface area contributed by atoms with Gasteiger partial charge in [-0.2, -0.15) is 0 Å². The number of hydrogen-bond donors (Lipinski definition) is 3. The second-order valence-corrected chi connectivity index (χ2v) is 5.35. The number of nitrogens with zero attached hydrogens (tertiary/aromatic N) is 2. The van der Waals surface area contributed by atoms with Crippen LogP contribution in [-0.4, -0.2) is 79.1 Å². The van der Waals surface area contributed by atoms with Gasteiger partial charge in [0, 0.05) is 45.7 Å². The maximum Gasteiger partial charge on any atom is 0.303 e. The molecule has 1 atom stereocenters. The van der Waals surface area contributed by atoms with Gasteiger partial charge in [-0.3, -0.25) is 14.5 Å². The Kier molecular flexibility index (Phi) is 7.50. The summed E-state index contributed by atoms with van der Waals surface area (Å²) in [6.45, 7) is 4.95. The zero-order chi connectivity index (χ0) is 15.0. The van der Waals surface area contributed by atoms with Gasteiger partial charge < -0.3 is 21.1 Å². The number of carbonyl (C=O) groups excluding carboxylic acids is 1. The molecule has 0 saturated carbocycles. The van der Waals surface area contributed by atoms with Crippen LogP contribution >= 0.6 is 0 Å². The van der Waals surface area contributed by atoms with Crippen molar-refractivity contribution >= 4 is 11.9 Å². The number of hydrogen-bond acceptors (Lipinski definition) is 5. The maximum absolute atomic E-state index is 11.8. The number of unbranched alkanes of at least 4 members (excludes halogenated alkanes) is 1. The van der Waals surface area contributed by atoms with E-state index in [1.165, 1.54) is 0 Å². The van der Waals surface area contributed by atoms with Crippen molar-refractivity contribution in [2.45, 2.75) is 25.3 Å². The number of nitrogens with two attached hydrogens (primary N) is 1. The molecule has 1 rings (SSSR count). The molecule has 4 N–H and O–H groups in total. The van der Waals surface area contributed by atoms with Crippen LogP contribution in [0.25, 0.3) is 0 Å². The van der Waals surface area contributed by atoms with Crippen molar-refractivity contribution in [2.75, 3.05) is 46.3 Å². The van der Waals surface area contributed by atoms with Crippen molar-refractivity contribution in [3.05, 3.63) is 0 Å². The molecule has 7 heteroatoms. The second kappa shape index (κ2) is 8.89. The highest BCUT2D eigenvalue weighted by Crippen LogP contribution is 2.00. The summed E-state index contributed by atoms with van der Waals surface area (Å²) < 4.78 is 0. The van der Waals surface area contributed by atoms with Crippen LogP contribution in [0.5, 0.6) is 0 Å². The minimum Gasteiger partial charge on any atom is -0.481 e. The van der Waals surface area contributed by atoms with Gasteiger partial charge in [-0.1, -0.05) is 0 Å². The van der Waals surface area contributed by atoms with Crippen LogP contribution in [0.4, 0.5) is 0 Å². The lowest BCUT2D eigenvalue weighted by Gasteiger charge is -2.33. The molecule has 1 amide bonds. The van der Waals surface area contributed by atoms with Gasteiger partial charge in [0.15, 0.2) is 0 Å². The van der Waals surface area contributed by atoms with Crippen LogP contribution in [-0.2, 0) is 9.59 Å². The zero-order valence-corrected chi connectivity index (χ0v) is 12.2. The minimum absolute atomic E-state index is 0.142. The molecule has 20 heavy (non-hydrogen) atoms. The van der Waals surface area contributed by atoms with Crippen LogP contribution in [0.3, 0.4) is 0 Å². The Morgan fingerprint density at radius 2 is 1.90 bits per heavy atom. The van der Waals surface area contributed by atoms with Crippen LogP contribution in [0, 0.1) is 0 Å². The van der Waals surface area contributed by atoms with Crippen LogP contribution in [0.15, 0.2) is 0 Å². The molecular weight excluding hydrogens is 260 g/mol. The van der Waals surface area contributed by atoms with Crippen molar-refractivity contribution in [3.63, 3.8) is 0 Å². The number of carboxylic acid groups (broad SMARTS) is 1. The van der Waals surface area contributed by atoms with Crippen molar-refractivity contribution < 1.29 is 14.7 Å². The predicted octanol–water partition coefficient (Wildman–Crippen LogP) is -1.07. The number of aliphatic carboxylic acids is 1. The van der Waals surface area contributed by atoms with Crippen LogP contribution in [0.2, 0.25) is 0 Å². The van der Waals surface area contributed by atoms with Crippen molar-refractivity contribution in [1.82, 2.24) is 15.1 Å². The molecule has 1 unspecified atom stereocenters. The lowest BCUT2D eigenvalue weighted by atomic mass is 10.2. The number of piperazine rings is 1.